The first-order valence-electron chi connectivity index (χ1n) is 7.43. The van der Waals surface area contributed by atoms with Gasteiger partial charge in [-0.1, -0.05) is 12.1 Å². The summed E-state index contributed by atoms with van der Waals surface area (Å²) in [6.45, 7) is 1.87. The van der Waals surface area contributed by atoms with Gasteiger partial charge >= 0.3 is 0 Å². The number of benzene rings is 1. The van der Waals surface area contributed by atoms with Gasteiger partial charge in [-0.2, -0.15) is 0 Å². The lowest BCUT2D eigenvalue weighted by atomic mass is 9.86. The van der Waals surface area contributed by atoms with Gasteiger partial charge in [-0.25, -0.2) is 8.42 Å². The molecule has 1 N–H and O–H groups in total. The van der Waals surface area contributed by atoms with Crippen molar-refractivity contribution in [3.8, 4) is 11.1 Å². The van der Waals surface area contributed by atoms with Gasteiger partial charge in [0.2, 0.25) is 0 Å². The molecule has 4 nitrogen and oxygen atoms in total. The van der Waals surface area contributed by atoms with Gasteiger partial charge in [-0.3, -0.25) is 4.79 Å². The third-order valence-corrected chi connectivity index (χ3v) is 5.38. The van der Waals surface area contributed by atoms with Crippen LogP contribution in [0.3, 0.4) is 0 Å². The number of nitrogens with one attached hydrogen (secondary N) is 1. The summed E-state index contributed by atoms with van der Waals surface area (Å²) in [4.78, 5) is 15.4. The molecule has 0 bridgehead atoms. The van der Waals surface area contributed by atoms with Crippen LogP contribution in [-0.4, -0.2) is 19.7 Å². The van der Waals surface area contributed by atoms with Crippen LogP contribution in [0.25, 0.3) is 11.1 Å². The van der Waals surface area contributed by atoms with Crippen molar-refractivity contribution in [2.45, 2.75) is 37.5 Å². The van der Waals surface area contributed by atoms with Gasteiger partial charge in [-0.05, 0) is 55.9 Å². The Morgan fingerprint density at radius 2 is 1.77 bits per heavy atom. The number of aromatic amines is 1. The van der Waals surface area contributed by atoms with Crippen molar-refractivity contribution in [1.29, 1.82) is 0 Å². The Labute approximate surface area is 130 Å². The Balaban J connectivity index is 2.27. The van der Waals surface area contributed by atoms with Crippen LogP contribution in [0.1, 0.15) is 29.7 Å². The van der Waals surface area contributed by atoms with Crippen LogP contribution >= 0.6 is 0 Å². The summed E-state index contributed by atoms with van der Waals surface area (Å²) < 4.78 is 23.6. The molecule has 0 aliphatic heterocycles. The lowest BCUT2D eigenvalue weighted by Gasteiger charge is -2.21. The molecule has 1 aromatic heterocycles. The van der Waals surface area contributed by atoms with Crippen LogP contribution in [0.4, 0.5) is 0 Å². The Morgan fingerprint density at radius 3 is 2.45 bits per heavy atom. The first kappa shape index (κ1) is 15.0. The Hall–Kier alpha value is -1.88. The zero-order chi connectivity index (χ0) is 15.9. The van der Waals surface area contributed by atoms with Gasteiger partial charge in [-0.15, -0.1) is 0 Å². The summed E-state index contributed by atoms with van der Waals surface area (Å²) in [6, 6.07) is 6.97. The highest BCUT2D eigenvalue weighted by Gasteiger charge is 2.20. The van der Waals surface area contributed by atoms with Crippen LogP contribution in [0, 0.1) is 6.92 Å². The van der Waals surface area contributed by atoms with Crippen LogP contribution in [-0.2, 0) is 22.7 Å². The average molecular weight is 317 g/mol. The molecule has 0 spiro atoms. The molecule has 22 heavy (non-hydrogen) atoms. The second-order valence-electron chi connectivity index (χ2n) is 5.92. The van der Waals surface area contributed by atoms with E-state index in [1.807, 2.05) is 13.0 Å². The van der Waals surface area contributed by atoms with E-state index in [-0.39, 0.29) is 5.56 Å². The lowest BCUT2D eigenvalue weighted by Crippen LogP contribution is -2.21. The molecule has 0 amide bonds. The van der Waals surface area contributed by atoms with Gasteiger partial charge in [0.1, 0.15) is 0 Å². The number of fused-ring (bicyclic) bond motifs is 1. The van der Waals surface area contributed by atoms with Gasteiger partial charge < -0.3 is 4.98 Å². The predicted molar refractivity (Wildman–Crippen MR) is 87.0 cm³/mol. The van der Waals surface area contributed by atoms with Crippen molar-refractivity contribution in [2.24, 2.45) is 0 Å². The number of hydrogen-bond acceptors (Lipinski definition) is 3. The molecule has 0 saturated heterocycles. The molecule has 3 rings (SSSR count). The van der Waals surface area contributed by atoms with Gasteiger partial charge in [0.25, 0.3) is 5.56 Å². The van der Waals surface area contributed by atoms with E-state index in [0.29, 0.717) is 4.90 Å². The van der Waals surface area contributed by atoms with E-state index in [0.717, 1.165) is 53.6 Å². The van der Waals surface area contributed by atoms with Crippen molar-refractivity contribution in [3.05, 3.63) is 51.4 Å². The van der Waals surface area contributed by atoms with Crippen molar-refractivity contribution in [3.63, 3.8) is 0 Å². The van der Waals surface area contributed by atoms with Crippen LogP contribution < -0.4 is 5.56 Å². The highest BCUT2D eigenvalue weighted by molar-refractivity contribution is 7.90. The van der Waals surface area contributed by atoms with E-state index in [2.05, 4.69) is 4.98 Å². The largest absolute Gasteiger partial charge is 0.326 e. The van der Waals surface area contributed by atoms with E-state index in [4.69, 9.17) is 0 Å². The third kappa shape index (κ3) is 2.61. The van der Waals surface area contributed by atoms with E-state index in [9.17, 15) is 13.2 Å². The number of hydrogen-bond donors (Lipinski definition) is 1. The summed E-state index contributed by atoms with van der Waals surface area (Å²) in [7, 11) is -3.25. The minimum atomic E-state index is -3.25. The maximum absolute atomic E-state index is 12.1. The summed E-state index contributed by atoms with van der Waals surface area (Å²) in [6.07, 6.45) is 4.97. The third-order valence-electron chi connectivity index (χ3n) is 4.27. The maximum Gasteiger partial charge on any atom is 0.251 e. The van der Waals surface area contributed by atoms with Crippen molar-refractivity contribution < 1.29 is 8.42 Å². The SMILES string of the molecule is Cc1[nH]c(=O)c2c(c1-c1cccc(S(C)(=O)=O)c1)CCCC2. The molecule has 2 aromatic rings. The predicted octanol–water partition coefficient (Wildman–Crippen LogP) is 2.63. The zero-order valence-corrected chi connectivity index (χ0v) is 13.6. The molecule has 1 aliphatic rings. The highest BCUT2D eigenvalue weighted by atomic mass is 32.2. The van der Waals surface area contributed by atoms with Crippen molar-refractivity contribution >= 4 is 9.84 Å². The first-order chi connectivity index (χ1) is 10.4. The smallest absolute Gasteiger partial charge is 0.251 e. The van der Waals surface area contributed by atoms with Crippen LogP contribution in [0.15, 0.2) is 34.0 Å². The second-order valence-corrected chi connectivity index (χ2v) is 7.93. The molecule has 0 atom stereocenters. The highest BCUT2D eigenvalue weighted by Crippen LogP contribution is 2.32. The van der Waals surface area contributed by atoms with E-state index < -0.39 is 9.84 Å². The molecule has 1 aromatic carbocycles. The minimum Gasteiger partial charge on any atom is -0.326 e. The van der Waals surface area contributed by atoms with Crippen LogP contribution in [0.2, 0.25) is 0 Å². The fraction of sp³-hybridized carbons (Fsp3) is 0.353. The van der Waals surface area contributed by atoms with Gasteiger partial charge in [0.15, 0.2) is 9.84 Å². The lowest BCUT2D eigenvalue weighted by molar-refractivity contribution is 0.602. The molecular weight excluding hydrogens is 298 g/mol. The van der Waals surface area contributed by atoms with Crippen molar-refractivity contribution in [1.82, 2.24) is 4.98 Å². The standard InChI is InChI=1S/C17H19NO3S/c1-11-16(12-6-5-7-13(10-12)22(2,20)21)14-8-3-4-9-15(14)17(19)18-11/h5-7,10H,3-4,8-9H2,1-2H3,(H,18,19). The van der Waals surface area contributed by atoms with E-state index in [1.54, 1.807) is 18.2 Å². The topological polar surface area (TPSA) is 67.0 Å². The fourth-order valence-electron chi connectivity index (χ4n) is 3.24. The number of H-pyrrole nitrogens is 1. The van der Waals surface area contributed by atoms with Crippen molar-refractivity contribution in [2.75, 3.05) is 6.26 Å². The maximum atomic E-state index is 12.1. The number of aryl methyl sites for hydroxylation is 1. The summed E-state index contributed by atoms with van der Waals surface area (Å²) in [5, 5.41) is 0. The van der Waals surface area contributed by atoms with Gasteiger partial charge in [0.05, 0.1) is 4.90 Å². The molecule has 116 valence electrons. The molecule has 1 aliphatic carbocycles. The van der Waals surface area contributed by atoms with E-state index >= 15 is 0 Å². The number of rotatable bonds is 2. The molecule has 0 radical (unpaired) electrons. The summed E-state index contributed by atoms with van der Waals surface area (Å²) >= 11 is 0. The fourth-order valence-corrected chi connectivity index (χ4v) is 3.91. The quantitative estimate of drug-likeness (QED) is 0.926. The average Bonchev–Trinajstić information content (AvgIpc) is 2.47. The first-order valence-corrected chi connectivity index (χ1v) is 9.32. The number of aromatic nitrogens is 1. The Kier molecular flexibility index (Phi) is 3.68. The zero-order valence-electron chi connectivity index (χ0n) is 12.8. The molecule has 0 unspecified atom stereocenters. The molecule has 1 heterocycles. The minimum absolute atomic E-state index is 0.00443. The van der Waals surface area contributed by atoms with Gasteiger partial charge in [0, 0.05) is 23.1 Å². The monoisotopic (exact) mass is 317 g/mol. The molecular formula is C17H19NO3S. The number of pyridine rings is 1. The Morgan fingerprint density at radius 1 is 1.09 bits per heavy atom. The summed E-state index contributed by atoms with van der Waals surface area (Å²) in [5.74, 6) is 0. The molecule has 0 saturated carbocycles. The number of sulfone groups is 1. The van der Waals surface area contributed by atoms with Crippen LogP contribution in [0.5, 0.6) is 0 Å². The molecule has 0 fully saturated rings. The Bertz CT molecular complexity index is 895. The second kappa shape index (κ2) is 5.39. The van der Waals surface area contributed by atoms with E-state index in [1.165, 1.54) is 6.26 Å². The summed E-state index contributed by atoms with van der Waals surface area (Å²) in [5.41, 5.74) is 4.58. The normalized spacial score (nSPS) is 14.6. The molecule has 5 heteroatoms.